The molecule has 5 heteroatoms. The highest BCUT2D eigenvalue weighted by Gasteiger charge is 2.35. The van der Waals surface area contributed by atoms with Gasteiger partial charge in [0.15, 0.2) is 0 Å². The first-order chi connectivity index (χ1) is 7.65. The molecular weight excluding hydrogens is 288 g/mol. The zero-order valence-corrected chi connectivity index (χ0v) is 11.4. The van der Waals surface area contributed by atoms with Gasteiger partial charge >= 0.3 is 0 Å². The van der Waals surface area contributed by atoms with Gasteiger partial charge in [-0.25, -0.2) is 0 Å². The minimum absolute atomic E-state index is 0.00965. The third-order valence-corrected chi connectivity index (χ3v) is 4.95. The maximum atomic E-state index is 11.8. The van der Waals surface area contributed by atoms with Gasteiger partial charge in [0, 0.05) is 16.4 Å². The Bertz CT molecular complexity index is 382. The van der Waals surface area contributed by atoms with Crippen molar-refractivity contribution in [3.05, 3.63) is 20.8 Å². The van der Waals surface area contributed by atoms with Gasteiger partial charge in [0.1, 0.15) is 0 Å². The Morgan fingerprint density at radius 2 is 2.38 bits per heavy atom. The zero-order valence-electron chi connectivity index (χ0n) is 8.96. The molecule has 1 aliphatic rings. The topological polar surface area (TPSA) is 55.1 Å². The minimum atomic E-state index is 0.00965. The van der Waals surface area contributed by atoms with Crippen LogP contribution in [0, 0.1) is 5.41 Å². The molecule has 88 valence electrons. The van der Waals surface area contributed by atoms with Gasteiger partial charge in [-0.2, -0.15) is 0 Å². The lowest BCUT2D eigenvalue weighted by Crippen LogP contribution is -2.46. The van der Waals surface area contributed by atoms with Crippen molar-refractivity contribution in [3.8, 4) is 0 Å². The fourth-order valence-corrected chi connectivity index (χ4v) is 3.26. The normalized spacial score (nSPS) is 17.9. The predicted octanol–water partition coefficient (Wildman–Crippen LogP) is 2.37. The smallest absolute Gasteiger partial charge is 0.261 e. The van der Waals surface area contributed by atoms with E-state index < -0.39 is 0 Å². The second-order valence-corrected chi connectivity index (χ2v) is 6.20. The molecule has 0 spiro atoms. The van der Waals surface area contributed by atoms with E-state index in [1.165, 1.54) is 17.8 Å². The number of nitrogens with one attached hydrogen (secondary N) is 1. The summed E-state index contributed by atoms with van der Waals surface area (Å²) in [4.78, 5) is 12.5. The molecule has 0 atom stereocenters. The molecule has 0 aliphatic heterocycles. The SMILES string of the molecule is NCC1(CNC(=O)c2cc(Br)cs2)CCC1. The summed E-state index contributed by atoms with van der Waals surface area (Å²) in [5.74, 6) is 0.00965. The Balaban J connectivity index is 1.88. The van der Waals surface area contributed by atoms with Crippen LogP contribution in [0.15, 0.2) is 15.9 Å². The first-order valence-corrected chi connectivity index (χ1v) is 7.05. The summed E-state index contributed by atoms with van der Waals surface area (Å²) in [6.07, 6.45) is 3.51. The van der Waals surface area contributed by atoms with Crippen molar-refractivity contribution in [2.45, 2.75) is 19.3 Å². The number of nitrogens with two attached hydrogens (primary N) is 1. The maximum Gasteiger partial charge on any atom is 0.261 e. The molecule has 0 saturated heterocycles. The molecule has 1 heterocycles. The number of amides is 1. The van der Waals surface area contributed by atoms with Crippen LogP contribution in [0.3, 0.4) is 0 Å². The number of carbonyl (C=O) groups excluding carboxylic acids is 1. The number of carbonyl (C=O) groups is 1. The summed E-state index contributed by atoms with van der Waals surface area (Å²) < 4.78 is 0.958. The van der Waals surface area contributed by atoms with Gasteiger partial charge in [-0.3, -0.25) is 4.79 Å². The molecule has 1 fully saturated rings. The van der Waals surface area contributed by atoms with Crippen molar-refractivity contribution in [3.63, 3.8) is 0 Å². The highest BCUT2D eigenvalue weighted by atomic mass is 79.9. The Labute approximate surface area is 108 Å². The lowest BCUT2D eigenvalue weighted by molar-refractivity contribution is 0.0880. The molecule has 3 N–H and O–H groups in total. The van der Waals surface area contributed by atoms with Crippen molar-refractivity contribution in [2.75, 3.05) is 13.1 Å². The van der Waals surface area contributed by atoms with Crippen LogP contribution >= 0.6 is 27.3 Å². The van der Waals surface area contributed by atoms with Gasteiger partial charge < -0.3 is 11.1 Å². The van der Waals surface area contributed by atoms with Crippen molar-refractivity contribution in [2.24, 2.45) is 11.1 Å². The summed E-state index contributed by atoms with van der Waals surface area (Å²) >= 11 is 4.79. The van der Waals surface area contributed by atoms with Crippen LogP contribution in [0.5, 0.6) is 0 Å². The average molecular weight is 303 g/mol. The number of hydrogen-bond acceptors (Lipinski definition) is 3. The first kappa shape index (κ1) is 12.1. The van der Waals surface area contributed by atoms with Gasteiger partial charge in [0.2, 0.25) is 0 Å². The average Bonchev–Trinajstić information content (AvgIpc) is 2.64. The van der Waals surface area contributed by atoms with Gasteiger partial charge in [-0.1, -0.05) is 6.42 Å². The van der Waals surface area contributed by atoms with Gasteiger partial charge in [0.25, 0.3) is 5.91 Å². The summed E-state index contributed by atoms with van der Waals surface area (Å²) in [6.45, 7) is 1.37. The lowest BCUT2D eigenvalue weighted by Gasteiger charge is -2.40. The van der Waals surface area contributed by atoms with E-state index in [0.717, 1.165) is 22.2 Å². The standard InChI is InChI=1S/C11H15BrN2OS/c12-8-4-9(16-5-8)10(15)14-7-11(6-13)2-1-3-11/h4-5H,1-3,6-7,13H2,(H,14,15). The van der Waals surface area contributed by atoms with Crippen molar-refractivity contribution < 1.29 is 4.79 Å². The molecule has 3 nitrogen and oxygen atoms in total. The molecule has 0 radical (unpaired) electrons. The van der Waals surface area contributed by atoms with E-state index in [-0.39, 0.29) is 11.3 Å². The Morgan fingerprint density at radius 3 is 2.81 bits per heavy atom. The Morgan fingerprint density at radius 1 is 1.62 bits per heavy atom. The number of hydrogen-bond donors (Lipinski definition) is 2. The summed E-state index contributed by atoms with van der Waals surface area (Å²) in [7, 11) is 0. The van der Waals surface area contributed by atoms with Gasteiger partial charge in [0.05, 0.1) is 4.88 Å². The molecule has 1 aromatic rings. The second-order valence-electron chi connectivity index (χ2n) is 4.37. The van der Waals surface area contributed by atoms with E-state index in [1.54, 1.807) is 0 Å². The van der Waals surface area contributed by atoms with Crippen LogP contribution in [0.2, 0.25) is 0 Å². The highest BCUT2D eigenvalue weighted by molar-refractivity contribution is 9.10. The second kappa shape index (κ2) is 4.85. The Hall–Kier alpha value is -0.390. The maximum absolute atomic E-state index is 11.8. The van der Waals surface area contributed by atoms with Gasteiger partial charge in [-0.15, -0.1) is 11.3 Å². The fraction of sp³-hybridized carbons (Fsp3) is 0.545. The number of halogens is 1. The monoisotopic (exact) mass is 302 g/mol. The summed E-state index contributed by atoms with van der Waals surface area (Å²) in [5, 5.41) is 4.89. The van der Waals surface area contributed by atoms with E-state index in [0.29, 0.717) is 13.1 Å². The van der Waals surface area contributed by atoms with Crippen molar-refractivity contribution in [1.82, 2.24) is 5.32 Å². The van der Waals surface area contributed by atoms with Crippen molar-refractivity contribution >= 4 is 33.2 Å². The van der Waals surface area contributed by atoms with Crippen molar-refractivity contribution in [1.29, 1.82) is 0 Å². The first-order valence-electron chi connectivity index (χ1n) is 5.37. The fourth-order valence-electron chi connectivity index (χ4n) is 1.92. The molecule has 1 aliphatic carbocycles. The number of rotatable bonds is 4. The van der Waals surface area contributed by atoms with Crippen LogP contribution in [0.1, 0.15) is 28.9 Å². The quantitative estimate of drug-likeness (QED) is 0.897. The van der Waals surface area contributed by atoms with E-state index in [1.807, 2.05) is 11.4 Å². The molecule has 0 aromatic carbocycles. The van der Waals surface area contributed by atoms with E-state index in [9.17, 15) is 4.79 Å². The molecule has 1 amide bonds. The molecule has 1 saturated carbocycles. The predicted molar refractivity (Wildman–Crippen MR) is 69.7 cm³/mol. The molecule has 2 rings (SSSR count). The zero-order chi connectivity index (χ0) is 11.6. The lowest BCUT2D eigenvalue weighted by atomic mass is 9.69. The number of thiophene rings is 1. The third kappa shape index (κ3) is 2.47. The minimum Gasteiger partial charge on any atom is -0.351 e. The molecule has 0 unspecified atom stereocenters. The Kier molecular flexibility index (Phi) is 3.66. The van der Waals surface area contributed by atoms with E-state index in [4.69, 9.17) is 5.73 Å². The van der Waals surface area contributed by atoms with Gasteiger partial charge in [-0.05, 0) is 46.8 Å². The van der Waals surface area contributed by atoms with Crippen LogP contribution in [0.4, 0.5) is 0 Å². The van der Waals surface area contributed by atoms with Crippen LogP contribution in [-0.4, -0.2) is 19.0 Å². The van der Waals surface area contributed by atoms with E-state index in [2.05, 4.69) is 21.2 Å². The van der Waals surface area contributed by atoms with Crippen LogP contribution in [0.25, 0.3) is 0 Å². The van der Waals surface area contributed by atoms with E-state index >= 15 is 0 Å². The largest absolute Gasteiger partial charge is 0.351 e. The molecular formula is C11H15BrN2OS. The van der Waals surface area contributed by atoms with Crippen LogP contribution in [-0.2, 0) is 0 Å². The summed E-state index contributed by atoms with van der Waals surface area (Å²) in [6, 6.07) is 1.84. The third-order valence-electron chi connectivity index (χ3n) is 3.26. The van der Waals surface area contributed by atoms with Crippen LogP contribution < -0.4 is 11.1 Å². The molecule has 16 heavy (non-hydrogen) atoms. The summed E-state index contributed by atoms with van der Waals surface area (Å²) in [5.41, 5.74) is 5.91. The molecule has 0 bridgehead atoms. The highest BCUT2D eigenvalue weighted by Crippen LogP contribution is 2.39. The molecule has 1 aromatic heterocycles.